The Labute approximate surface area is 175 Å². The molecule has 0 aromatic heterocycles. The van der Waals surface area contributed by atoms with Crippen molar-refractivity contribution in [3.8, 4) is 22.6 Å². The summed E-state index contributed by atoms with van der Waals surface area (Å²) >= 11 is 0. The van der Waals surface area contributed by atoms with E-state index in [1.54, 1.807) is 14.2 Å². The second-order valence-corrected chi connectivity index (χ2v) is 6.91. The molecule has 0 saturated heterocycles. The predicted octanol–water partition coefficient (Wildman–Crippen LogP) is 5.12. The van der Waals surface area contributed by atoms with Crippen LogP contribution < -0.4 is 9.47 Å². The highest BCUT2D eigenvalue weighted by Gasteiger charge is 2.19. The van der Waals surface area contributed by atoms with Crippen LogP contribution in [0.4, 0.5) is 0 Å². The topological polar surface area (TPSA) is 57.2 Å². The summed E-state index contributed by atoms with van der Waals surface area (Å²) in [6, 6.07) is 22.0. The number of hydrogen-bond donors (Lipinski definition) is 1. The number of methoxy groups -OCH3 is 2. The van der Waals surface area contributed by atoms with E-state index < -0.39 is 0 Å². The first kappa shape index (κ1) is 20.2. The maximum absolute atomic E-state index is 9.56. The molecule has 4 rings (SSSR count). The molecule has 0 unspecified atom stereocenters. The third-order valence-corrected chi connectivity index (χ3v) is 5.03. The van der Waals surface area contributed by atoms with Crippen molar-refractivity contribution in [2.45, 2.75) is 6.61 Å². The van der Waals surface area contributed by atoms with Crippen LogP contribution in [0, 0.1) is 0 Å². The van der Waals surface area contributed by atoms with Gasteiger partial charge in [0.2, 0.25) is 0 Å². The Morgan fingerprint density at radius 3 is 1.90 bits per heavy atom. The van der Waals surface area contributed by atoms with Gasteiger partial charge in [0.15, 0.2) is 13.6 Å². The molecule has 0 bridgehead atoms. The second kappa shape index (κ2) is 9.13. The van der Waals surface area contributed by atoms with Gasteiger partial charge in [0.1, 0.15) is 11.5 Å². The molecular formula is C25H24O5. The molecule has 5 nitrogen and oxygen atoms in total. The Bertz CT molecular complexity index is 1170. The molecule has 0 amide bonds. The zero-order valence-corrected chi connectivity index (χ0v) is 17.1. The monoisotopic (exact) mass is 404 g/mol. The summed E-state index contributed by atoms with van der Waals surface area (Å²) in [6.07, 6.45) is 0. The van der Waals surface area contributed by atoms with Gasteiger partial charge in [-0.3, -0.25) is 0 Å². The van der Waals surface area contributed by atoms with E-state index in [1.165, 1.54) is 0 Å². The number of fused-ring (bicyclic) bond motifs is 2. The molecule has 1 N–H and O–H groups in total. The zero-order valence-electron chi connectivity index (χ0n) is 17.1. The van der Waals surface area contributed by atoms with Gasteiger partial charge in [-0.15, -0.1) is 0 Å². The van der Waals surface area contributed by atoms with Crippen molar-refractivity contribution in [2.75, 3.05) is 27.8 Å². The van der Waals surface area contributed by atoms with Crippen LogP contribution in [0.1, 0.15) is 5.56 Å². The van der Waals surface area contributed by atoms with E-state index in [0.717, 1.165) is 38.2 Å². The van der Waals surface area contributed by atoms with E-state index in [-0.39, 0.29) is 20.2 Å². The minimum atomic E-state index is -0.0103. The third-order valence-electron chi connectivity index (χ3n) is 5.03. The van der Waals surface area contributed by atoms with E-state index in [2.05, 4.69) is 12.1 Å². The zero-order chi connectivity index (χ0) is 20.9. The smallest absolute Gasteiger partial charge is 0.188 e. The van der Waals surface area contributed by atoms with Crippen molar-refractivity contribution in [3.05, 3.63) is 72.3 Å². The van der Waals surface area contributed by atoms with Crippen molar-refractivity contribution < 1.29 is 24.1 Å². The van der Waals surface area contributed by atoms with Crippen LogP contribution in [0.5, 0.6) is 11.5 Å². The Hall–Kier alpha value is -3.12. The van der Waals surface area contributed by atoms with Gasteiger partial charge >= 0.3 is 0 Å². The third kappa shape index (κ3) is 3.83. The van der Waals surface area contributed by atoms with Crippen LogP contribution in [0.25, 0.3) is 32.7 Å². The average molecular weight is 404 g/mol. The van der Waals surface area contributed by atoms with Crippen LogP contribution in [0.3, 0.4) is 0 Å². The lowest BCUT2D eigenvalue weighted by Gasteiger charge is -2.19. The fourth-order valence-corrected chi connectivity index (χ4v) is 3.71. The van der Waals surface area contributed by atoms with Crippen molar-refractivity contribution >= 4 is 21.5 Å². The minimum Gasteiger partial charge on any atom is -0.467 e. The van der Waals surface area contributed by atoms with Crippen molar-refractivity contribution in [3.63, 3.8) is 0 Å². The number of rotatable bonds is 8. The molecular weight excluding hydrogens is 380 g/mol. The van der Waals surface area contributed by atoms with E-state index >= 15 is 0 Å². The number of benzene rings is 4. The Morgan fingerprint density at radius 1 is 0.667 bits per heavy atom. The SMILES string of the molecule is COCOc1ccc2ccccc2c1-c1c(OCOC)ccc2cc(CO)ccc12. The molecule has 154 valence electrons. The highest BCUT2D eigenvalue weighted by atomic mass is 16.7. The molecule has 30 heavy (non-hydrogen) atoms. The maximum atomic E-state index is 9.56. The Kier molecular flexibility index (Phi) is 6.14. The summed E-state index contributed by atoms with van der Waals surface area (Å²) in [4.78, 5) is 0. The van der Waals surface area contributed by atoms with Gasteiger partial charge in [-0.1, -0.05) is 48.5 Å². The van der Waals surface area contributed by atoms with Gasteiger partial charge in [0, 0.05) is 25.3 Å². The number of ether oxygens (including phenoxy) is 4. The molecule has 5 heteroatoms. The van der Waals surface area contributed by atoms with Gasteiger partial charge in [-0.25, -0.2) is 0 Å². The fourth-order valence-electron chi connectivity index (χ4n) is 3.71. The van der Waals surface area contributed by atoms with E-state index in [1.807, 2.05) is 54.6 Å². The average Bonchev–Trinajstić information content (AvgIpc) is 2.80. The molecule has 4 aromatic rings. The van der Waals surface area contributed by atoms with E-state index in [0.29, 0.717) is 11.5 Å². The number of aliphatic hydroxyl groups is 1. The van der Waals surface area contributed by atoms with E-state index in [9.17, 15) is 5.11 Å². The van der Waals surface area contributed by atoms with Crippen LogP contribution in [-0.2, 0) is 16.1 Å². The first-order chi connectivity index (χ1) is 14.8. The molecule has 0 fully saturated rings. The maximum Gasteiger partial charge on any atom is 0.188 e. The van der Waals surface area contributed by atoms with Crippen molar-refractivity contribution in [1.82, 2.24) is 0 Å². The van der Waals surface area contributed by atoms with Gasteiger partial charge in [0.25, 0.3) is 0 Å². The second-order valence-electron chi connectivity index (χ2n) is 6.91. The van der Waals surface area contributed by atoms with Crippen LogP contribution in [-0.4, -0.2) is 32.9 Å². The number of aliphatic hydroxyl groups excluding tert-OH is 1. The lowest BCUT2D eigenvalue weighted by molar-refractivity contribution is 0.0502. The minimum absolute atomic E-state index is 0.0103. The summed E-state index contributed by atoms with van der Waals surface area (Å²) in [5, 5.41) is 13.7. The summed E-state index contributed by atoms with van der Waals surface area (Å²) in [7, 11) is 3.20. The van der Waals surface area contributed by atoms with Gasteiger partial charge < -0.3 is 24.1 Å². The Balaban J connectivity index is 2.06. The molecule has 0 heterocycles. The largest absolute Gasteiger partial charge is 0.467 e. The summed E-state index contributed by atoms with van der Waals surface area (Å²) in [5.41, 5.74) is 2.70. The van der Waals surface area contributed by atoms with Crippen molar-refractivity contribution in [1.29, 1.82) is 0 Å². The highest BCUT2D eigenvalue weighted by Crippen LogP contribution is 2.45. The lowest BCUT2D eigenvalue weighted by Crippen LogP contribution is -2.04. The number of hydrogen-bond acceptors (Lipinski definition) is 5. The Morgan fingerprint density at radius 2 is 1.27 bits per heavy atom. The molecule has 0 radical (unpaired) electrons. The van der Waals surface area contributed by atoms with Crippen LogP contribution in [0.2, 0.25) is 0 Å². The van der Waals surface area contributed by atoms with Crippen molar-refractivity contribution in [2.24, 2.45) is 0 Å². The lowest BCUT2D eigenvalue weighted by atomic mass is 9.91. The fraction of sp³-hybridized carbons (Fsp3) is 0.200. The highest BCUT2D eigenvalue weighted by molar-refractivity contribution is 6.09. The molecule has 0 spiro atoms. The molecule has 0 saturated carbocycles. The van der Waals surface area contributed by atoms with E-state index in [4.69, 9.17) is 18.9 Å². The predicted molar refractivity (Wildman–Crippen MR) is 118 cm³/mol. The molecule has 0 aliphatic rings. The molecule has 0 atom stereocenters. The van der Waals surface area contributed by atoms with Gasteiger partial charge in [0.05, 0.1) is 6.61 Å². The quantitative estimate of drug-likeness (QED) is 0.413. The standard InChI is InChI=1S/C25H24O5/c1-27-15-29-22-11-8-18-5-3-4-6-20(18)24(22)25-21-10-7-17(14-26)13-19(21)9-12-23(25)30-16-28-2/h3-13,26H,14-16H2,1-2H3. The first-order valence-corrected chi connectivity index (χ1v) is 9.69. The van der Waals surface area contributed by atoms with Gasteiger partial charge in [-0.05, 0) is 45.3 Å². The first-order valence-electron chi connectivity index (χ1n) is 9.69. The van der Waals surface area contributed by atoms with Gasteiger partial charge in [-0.2, -0.15) is 0 Å². The molecule has 4 aromatic carbocycles. The van der Waals surface area contributed by atoms with Crippen LogP contribution >= 0.6 is 0 Å². The molecule has 0 aliphatic carbocycles. The normalized spacial score (nSPS) is 11.2. The summed E-state index contributed by atoms with van der Waals surface area (Å²) in [5.74, 6) is 1.40. The molecule has 0 aliphatic heterocycles. The summed E-state index contributed by atoms with van der Waals surface area (Å²) in [6.45, 7) is 0.259. The van der Waals surface area contributed by atoms with Crippen LogP contribution in [0.15, 0.2) is 66.7 Å². The summed E-state index contributed by atoms with van der Waals surface area (Å²) < 4.78 is 22.2.